The fraction of sp³-hybridized carbons (Fsp3) is 1.00. The lowest BCUT2D eigenvalue weighted by molar-refractivity contribution is 1.06. The van der Waals surface area contributed by atoms with Gasteiger partial charge >= 0.3 is 0 Å². The van der Waals surface area contributed by atoms with Crippen molar-refractivity contribution < 1.29 is 0 Å². The molecule has 1 rings (SSSR count). The second-order valence-electron chi connectivity index (χ2n) is 1.51. The van der Waals surface area contributed by atoms with Crippen LogP contribution >= 0.6 is 89.6 Å². The van der Waals surface area contributed by atoms with Crippen LogP contribution in [0.5, 0.6) is 0 Å². The minimum atomic E-state index is -2.74. The Bertz CT molecular complexity index is 229. The Kier molecular flexibility index (Phi) is 7.14. The molecule has 3 nitrogen and oxygen atoms in total. The van der Waals surface area contributed by atoms with Crippen LogP contribution in [0.4, 0.5) is 0 Å². The van der Waals surface area contributed by atoms with Crippen molar-refractivity contribution in [2.45, 2.75) is 7.43 Å². The van der Waals surface area contributed by atoms with Gasteiger partial charge in [0.25, 0.3) is 0 Å². The fourth-order valence-corrected chi connectivity index (χ4v) is 12.4. The molecule has 0 spiro atoms. The summed E-state index contributed by atoms with van der Waals surface area (Å²) in [6, 6.07) is 0. The molecule has 0 radical (unpaired) electrons. The van der Waals surface area contributed by atoms with Crippen LogP contribution in [0, 0.1) is 0 Å². The Balaban J connectivity index is 0.00000144. The van der Waals surface area contributed by atoms with Crippen LogP contribution in [0.25, 0.3) is 0 Å². The van der Waals surface area contributed by atoms with Crippen molar-refractivity contribution in [3.63, 3.8) is 0 Å². The van der Waals surface area contributed by atoms with E-state index in [0.717, 1.165) is 7.92 Å². The normalized spacial score (nSPS) is 34.9. The molecular formula is CH4Cl6N3P3. The lowest BCUT2D eigenvalue weighted by Crippen LogP contribution is -2.05. The van der Waals surface area contributed by atoms with E-state index < -0.39 is 21.1 Å². The highest BCUT2D eigenvalue weighted by molar-refractivity contribution is 8.18. The summed E-state index contributed by atoms with van der Waals surface area (Å²) in [4.78, 5) is 0. The highest BCUT2D eigenvalue weighted by Crippen LogP contribution is 2.85. The van der Waals surface area contributed by atoms with Gasteiger partial charge < -0.3 is 0 Å². The van der Waals surface area contributed by atoms with E-state index in [2.05, 4.69) is 4.52 Å². The van der Waals surface area contributed by atoms with E-state index in [4.69, 9.17) is 68.5 Å². The molecule has 2 unspecified atom stereocenters. The van der Waals surface area contributed by atoms with Gasteiger partial charge in [-0.3, -0.25) is 0 Å². The highest BCUT2D eigenvalue weighted by atomic mass is 35.9. The van der Waals surface area contributed by atoms with Crippen LogP contribution in [-0.2, 0) is 0 Å². The van der Waals surface area contributed by atoms with Crippen molar-refractivity contribution in [1.82, 2.24) is 7.92 Å². The third-order valence-corrected chi connectivity index (χ3v) is 14.5. The summed E-state index contributed by atoms with van der Waals surface area (Å²) in [5, 5.41) is 0. The number of hydrogen-bond acceptors (Lipinski definition) is 3. The first kappa shape index (κ1) is 15.8. The second-order valence-corrected chi connectivity index (χ2v) is 13.1. The maximum atomic E-state index is 5.78. The first-order chi connectivity index (χ1) is 5.36. The van der Waals surface area contributed by atoms with Gasteiger partial charge in [0.2, 0.25) is 13.5 Å². The molecular weight excluding hydrogens is 360 g/mol. The van der Waals surface area contributed by atoms with Crippen LogP contribution in [0.1, 0.15) is 7.43 Å². The van der Waals surface area contributed by atoms with Crippen molar-refractivity contribution in [3.8, 4) is 0 Å². The third-order valence-electron chi connectivity index (χ3n) is 0.789. The fourth-order valence-electron chi connectivity index (χ4n) is 0.365. The molecule has 13 heavy (non-hydrogen) atoms. The summed E-state index contributed by atoms with van der Waals surface area (Å²) in [5.41, 5.74) is 0. The van der Waals surface area contributed by atoms with E-state index in [1.807, 2.05) is 0 Å². The van der Waals surface area contributed by atoms with Gasteiger partial charge in [0.05, 0.1) is 0 Å². The van der Waals surface area contributed by atoms with E-state index in [1.165, 1.54) is 0 Å². The molecule has 12 heteroatoms. The van der Waals surface area contributed by atoms with E-state index >= 15 is 0 Å². The first-order valence-electron chi connectivity index (χ1n) is 2.21. The first-order valence-corrected chi connectivity index (χ1v) is 10.7. The van der Waals surface area contributed by atoms with Crippen molar-refractivity contribution >= 4 is 89.6 Å². The second kappa shape index (κ2) is 5.89. The molecule has 1 aliphatic rings. The number of halogens is 6. The molecule has 0 aliphatic carbocycles. The van der Waals surface area contributed by atoms with Crippen LogP contribution in [-0.4, -0.2) is 7.92 Å². The minimum Gasteiger partial charge on any atom is -0.201 e. The summed E-state index contributed by atoms with van der Waals surface area (Å²) >= 11 is 34.3. The quantitative estimate of drug-likeness (QED) is 0.344. The molecule has 0 fully saturated rings. The molecule has 1 aliphatic heterocycles. The zero-order valence-electron chi connectivity index (χ0n) is 4.95. The van der Waals surface area contributed by atoms with Crippen LogP contribution in [0.3, 0.4) is 0 Å². The van der Waals surface area contributed by atoms with Gasteiger partial charge in [0, 0.05) is 0 Å². The predicted molar refractivity (Wildman–Crippen MR) is 68.7 cm³/mol. The molecule has 2 atom stereocenters. The van der Waals surface area contributed by atoms with E-state index in [1.54, 1.807) is 0 Å². The molecule has 0 saturated carbocycles. The van der Waals surface area contributed by atoms with Crippen molar-refractivity contribution in [3.05, 3.63) is 0 Å². The maximum Gasteiger partial charge on any atom is 0.231 e. The summed E-state index contributed by atoms with van der Waals surface area (Å²) in [6.07, 6.45) is 0. The Labute approximate surface area is 109 Å². The molecule has 0 aromatic carbocycles. The molecule has 0 amide bonds. The smallest absolute Gasteiger partial charge is 0.201 e. The standard InChI is InChI=1S/CH4.Cl6N3P3/c;1-8-10(3)7-12(5,6)9(2)11(8)4/h1H4;. The van der Waals surface area contributed by atoms with Crippen molar-refractivity contribution in [2.75, 3.05) is 0 Å². The van der Waals surface area contributed by atoms with E-state index in [-0.39, 0.29) is 7.43 Å². The molecule has 0 aromatic heterocycles. The monoisotopic (exact) mass is 361 g/mol. The average Bonchev–Trinajstić information content (AvgIpc) is 1.97. The minimum absolute atomic E-state index is 0. The Morgan fingerprint density at radius 3 is 2.08 bits per heavy atom. The van der Waals surface area contributed by atoms with Gasteiger partial charge in [-0.2, -0.15) is 0 Å². The number of rotatable bonds is 0. The lowest BCUT2D eigenvalue weighted by Gasteiger charge is -2.33. The summed E-state index contributed by atoms with van der Waals surface area (Å²) in [5.74, 6) is -2.74. The summed E-state index contributed by atoms with van der Waals surface area (Å²) in [7, 11) is -2.94. The Hall–Kier alpha value is 2.75. The van der Waals surface area contributed by atoms with Gasteiger partial charge in [-0.15, -0.1) is 7.92 Å². The lowest BCUT2D eigenvalue weighted by atomic mass is 12.0. The molecule has 0 N–H and O–H groups in total. The number of nitrogens with zero attached hydrogens (tertiary/aromatic N) is 3. The van der Waals surface area contributed by atoms with Crippen LogP contribution in [0.15, 0.2) is 4.52 Å². The molecule has 80 valence electrons. The van der Waals surface area contributed by atoms with Gasteiger partial charge in [0.1, 0.15) is 0 Å². The summed E-state index contributed by atoms with van der Waals surface area (Å²) < 4.78 is 5.98. The molecule has 0 aromatic rings. The topological polar surface area (TPSA) is 18.8 Å². The average molecular weight is 364 g/mol. The highest BCUT2D eigenvalue weighted by Gasteiger charge is 2.41. The molecule has 1 heterocycles. The zero-order valence-corrected chi connectivity index (χ0v) is 12.2. The third kappa shape index (κ3) is 3.62. The van der Waals surface area contributed by atoms with Crippen LogP contribution in [0.2, 0.25) is 0 Å². The SMILES string of the molecule is C.ClN1P(Cl)N=P(Cl)(Cl)N(Cl)P1Cl. The van der Waals surface area contributed by atoms with Gasteiger partial charge in [-0.05, 0) is 57.3 Å². The Morgan fingerprint density at radius 2 is 1.62 bits per heavy atom. The van der Waals surface area contributed by atoms with E-state index in [0.29, 0.717) is 0 Å². The predicted octanol–water partition coefficient (Wildman–Crippen LogP) is 6.90. The van der Waals surface area contributed by atoms with Crippen LogP contribution < -0.4 is 0 Å². The van der Waals surface area contributed by atoms with Gasteiger partial charge in [-0.25, -0.2) is 4.52 Å². The zero-order chi connectivity index (χ0) is 9.52. The molecule has 0 saturated heterocycles. The van der Waals surface area contributed by atoms with Gasteiger partial charge in [-0.1, -0.05) is 18.7 Å². The van der Waals surface area contributed by atoms with Crippen molar-refractivity contribution in [1.29, 1.82) is 0 Å². The van der Waals surface area contributed by atoms with Gasteiger partial charge in [0.15, 0.2) is 7.58 Å². The number of hydrogen-bond donors (Lipinski definition) is 0. The largest absolute Gasteiger partial charge is 0.231 e. The Morgan fingerprint density at radius 1 is 1.15 bits per heavy atom. The van der Waals surface area contributed by atoms with E-state index in [9.17, 15) is 0 Å². The maximum absolute atomic E-state index is 5.78. The molecule has 0 bridgehead atoms. The van der Waals surface area contributed by atoms with Crippen molar-refractivity contribution in [2.24, 2.45) is 4.52 Å². The summed E-state index contributed by atoms with van der Waals surface area (Å²) in [6.45, 7) is 0.